The zero-order valence-corrected chi connectivity index (χ0v) is 53.2. The molecule has 0 unspecified atom stereocenters. The average molecular weight is 1320 g/mol. The van der Waals surface area contributed by atoms with E-state index in [9.17, 15) is 39.6 Å². The number of rotatable bonds is 15. The molecule has 3 aromatic rings. The van der Waals surface area contributed by atoms with Crippen molar-refractivity contribution in [3.05, 3.63) is 82.9 Å². The molecule has 1 saturated carbocycles. The molecule has 8 heterocycles. The number of hydrogen-bond donors (Lipinski definition) is 1. The summed E-state index contributed by atoms with van der Waals surface area (Å²) in [6.07, 6.45) is 27.6. The first-order valence-electron chi connectivity index (χ1n) is 30.1. The molecule has 6 aliphatic rings. The fourth-order valence-corrected chi connectivity index (χ4v) is 11.1. The maximum Gasteiger partial charge on any atom is 0.534 e. The Morgan fingerprint density at radius 1 is 0.716 bits per heavy atom. The highest BCUT2D eigenvalue weighted by Gasteiger charge is 2.49. The van der Waals surface area contributed by atoms with Crippen LogP contribution in [0.25, 0.3) is 16.8 Å². The van der Waals surface area contributed by atoms with Crippen LogP contribution in [0.1, 0.15) is 197 Å². The predicted molar refractivity (Wildman–Crippen MR) is 359 cm³/mol. The van der Waals surface area contributed by atoms with Gasteiger partial charge in [0.1, 0.15) is 10.9 Å². The number of imidazole rings is 1. The van der Waals surface area contributed by atoms with Crippen LogP contribution in [0, 0.1) is 41.4 Å². The first-order chi connectivity index (χ1) is 38.7. The topological polar surface area (TPSA) is 116 Å². The van der Waals surface area contributed by atoms with Gasteiger partial charge in [0.2, 0.25) is 0 Å². The molecule has 0 bridgehead atoms. The molecule has 5 aliphatic heterocycles. The molecule has 4 fully saturated rings. The van der Waals surface area contributed by atoms with Crippen LogP contribution in [0.15, 0.2) is 70.9 Å². The summed E-state index contributed by atoms with van der Waals surface area (Å²) in [4.78, 5) is 25.4. The van der Waals surface area contributed by atoms with E-state index in [0.29, 0.717) is 43.6 Å². The van der Waals surface area contributed by atoms with Crippen molar-refractivity contribution in [1.29, 1.82) is 0 Å². The minimum absolute atomic E-state index is 0. The lowest BCUT2D eigenvalue weighted by atomic mass is 9.89. The monoisotopic (exact) mass is 1320 g/mol. The number of nitrogens with zero attached hydrogens (tertiary/aromatic N) is 6. The normalized spacial score (nSPS) is 18.3. The van der Waals surface area contributed by atoms with Gasteiger partial charge in [-0.25, -0.2) is 4.98 Å². The zero-order chi connectivity index (χ0) is 60.2. The standard InChI is InChI=1S/C23H25ClF3N3O2.C11H17N.C11H23N.C10H21N.C7H10F3NO3S.5CH4.ClH/c1-14(2)3-4-15-5-8-29(9-6-15)22(31)19-20(24)30-12-17(16-7-10-32-13-16)11-18(21(30)28-19)23(25,26)27;1-12-8-6-11(7-9-12)5-4-10-2-3-10;1-10(2)4-5-11-6-8-12(3)9-7-11;1-9(2)3-4-10-5-7-11-8-6-10;1-11-4-2-6(3-5-11)14-15(12,13)7(8,9)10;;;;;;/h7,10-15H,3-6,8-9H2,1-2H3;4-6,10H,2-3,7-9H2,1H3;10-11H,4-9H2,1-3H3;9-11H,3-8H2,1-2H3;2H,3-5H2,1H3;5*1H4;1H/b;5-4+;;;;;;;;;. The molecule has 9 rings (SSSR count). The molecule has 512 valence electrons. The predicted octanol–water partition coefficient (Wildman–Crippen LogP) is 18.6. The van der Waals surface area contributed by atoms with E-state index in [0.717, 1.165) is 72.3 Å². The Kier molecular flexibility index (Phi) is 41.1. The molecule has 1 aliphatic carbocycles. The van der Waals surface area contributed by atoms with Gasteiger partial charge in [-0.15, -0.1) is 12.4 Å². The molecular weight excluding hydrogens is 1200 g/mol. The number of aromatic nitrogens is 2. The number of carbonyl (C=O) groups excluding carboxylic acids is 1. The third-order valence-corrected chi connectivity index (χ3v) is 17.6. The highest BCUT2D eigenvalue weighted by atomic mass is 35.5. The van der Waals surface area contributed by atoms with Crippen molar-refractivity contribution in [3.63, 3.8) is 0 Å². The summed E-state index contributed by atoms with van der Waals surface area (Å²) in [7, 11) is 0.681. The minimum atomic E-state index is -5.50. The molecule has 0 spiro atoms. The smallest absolute Gasteiger partial charge is 0.472 e. The van der Waals surface area contributed by atoms with Gasteiger partial charge < -0.3 is 33.5 Å². The van der Waals surface area contributed by atoms with E-state index in [1.54, 1.807) is 23.6 Å². The molecular formula is C67H117Cl2F6N7O5S. The number of amides is 1. The number of likely N-dealkylation sites (tertiary alicyclic amines) is 2. The third-order valence-electron chi connectivity index (χ3n) is 16.2. The van der Waals surface area contributed by atoms with Crippen molar-refractivity contribution >= 4 is 45.7 Å². The number of alkyl halides is 6. The number of piperidine rings is 3. The molecule has 88 heavy (non-hydrogen) atoms. The van der Waals surface area contributed by atoms with Gasteiger partial charge in [0.15, 0.2) is 11.3 Å². The Bertz CT molecular complexity index is 2580. The van der Waals surface area contributed by atoms with Gasteiger partial charge in [-0.1, -0.05) is 147 Å². The van der Waals surface area contributed by atoms with Crippen LogP contribution in [0.5, 0.6) is 0 Å². The number of likely N-dealkylation sites (N-methyl/N-ethyl adjacent to an activating group) is 2. The lowest BCUT2D eigenvalue weighted by Crippen LogP contribution is -2.38. The van der Waals surface area contributed by atoms with E-state index in [1.165, 1.54) is 128 Å². The number of carbonyl (C=O) groups is 1. The summed E-state index contributed by atoms with van der Waals surface area (Å²) in [6.45, 7) is 23.1. The Balaban J connectivity index is 0. The second kappa shape index (κ2) is 41.8. The Hall–Kier alpha value is -3.59. The maximum atomic E-state index is 13.8. The number of fused-ring (bicyclic) bond motifs is 1. The van der Waals surface area contributed by atoms with Gasteiger partial charge in [0.05, 0.1) is 18.1 Å². The second-order valence-electron chi connectivity index (χ2n) is 24.8. The SMILES string of the molecule is C.C.C.C.C.CC(C)CCC1CCN(C(=O)c2nc3c(C(F)(F)F)cc(-c4ccoc4)cn3c2Cl)CC1.CC(C)CCC1CCN(C)CC1.CC(C)CCC1CCNCC1.CN1CC=C(/C=C/C2CC2)CC1.CN1CC=C(OS(=O)(=O)C(F)(F)F)CC1.Cl. The number of nitrogens with one attached hydrogen (secondary N) is 1. The largest absolute Gasteiger partial charge is 0.534 e. The summed E-state index contributed by atoms with van der Waals surface area (Å²) < 4.78 is 108. The van der Waals surface area contributed by atoms with Crippen LogP contribution < -0.4 is 5.32 Å². The van der Waals surface area contributed by atoms with Crippen molar-refractivity contribution in [2.24, 2.45) is 41.4 Å². The van der Waals surface area contributed by atoms with Crippen LogP contribution in [0.4, 0.5) is 26.3 Å². The van der Waals surface area contributed by atoms with Crippen molar-refractivity contribution in [2.45, 2.75) is 193 Å². The number of pyridine rings is 1. The number of halogens is 8. The molecule has 0 atom stereocenters. The van der Waals surface area contributed by atoms with Gasteiger partial charge in [0, 0.05) is 63.0 Å². The van der Waals surface area contributed by atoms with Gasteiger partial charge in [-0.05, 0) is 170 Å². The highest BCUT2D eigenvalue weighted by Crippen LogP contribution is 2.38. The van der Waals surface area contributed by atoms with Gasteiger partial charge in [-0.2, -0.15) is 34.8 Å². The van der Waals surface area contributed by atoms with E-state index in [-0.39, 0.29) is 83.8 Å². The maximum absolute atomic E-state index is 13.8. The summed E-state index contributed by atoms with van der Waals surface area (Å²) in [6, 6.07) is 2.56. The van der Waals surface area contributed by atoms with E-state index in [2.05, 4.69) is 98.1 Å². The Morgan fingerprint density at radius 2 is 1.22 bits per heavy atom. The molecule has 3 aromatic heterocycles. The number of hydrogen-bond acceptors (Lipinski definition) is 10. The summed E-state index contributed by atoms with van der Waals surface area (Å²) >= 11 is 6.40. The molecule has 12 nitrogen and oxygen atoms in total. The van der Waals surface area contributed by atoms with Gasteiger partial charge in [-0.3, -0.25) is 9.20 Å². The molecule has 21 heteroatoms. The first kappa shape index (κ1) is 86.5. The van der Waals surface area contributed by atoms with Crippen molar-refractivity contribution < 1.29 is 48.2 Å². The van der Waals surface area contributed by atoms with Crippen LogP contribution in [0.3, 0.4) is 0 Å². The van der Waals surface area contributed by atoms with Crippen LogP contribution in [-0.4, -0.2) is 135 Å². The van der Waals surface area contributed by atoms with Crippen LogP contribution in [0.2, 0.25) is 5.15 Å². The average Bonchev–Trinajstić information content (AvgIpc) is 1.90. The highest BCUT2D eigenvalue weighted by molar-refractivity contribution is 7.87. The summed E-state index contributed by atoms with van der Waals surface area (Å²) in [5, 5.41) is 3.28. The minimum Gasteiger partial charge on any atom is -0.472 e. The molecule has 0 radical (unpaired) electrons. The fraction of sp³-hybridized carbons (Fsp3) is 0.731. The number of furan rings is 1. The molecule has 3 saturated heterocycles. The summed E-state index contributed by atoms with van der Waals surface area (Å²) in [5.41, 5.74) is -4.57. The third kappa shape index (κ3) is 30.2. The van der Waals surface area contributed by atoms with Crippen molar-refractivity contribution in [3.8, 4) is 11.1 Å². The van der Waals surface area contributed by atoms with Crippen LogP contribution >= 0.6 is 24.0 Å². The van der Waals surface area contributed by atoms with E-state index in [4.69, 9.17) is 16.0 Å². The second-order valence-corrected chi connectivity index (χ2v) is 26.7. The van der Waals surface area contributed by atoms with Crippen molar-refractivity contribution in [2.75, 3.05) is 86.6 Å². The number of allylic oxidation sites excluding steroid dienone is 2. The van der Waals surface area contributed by atoms with E-state index < -0.39 is 33.3 Å². The van der Waals surface area contributed by atoms with Gasteiger partial charge in [0.25, 0.3) is 5.91 Å². The fourth-order valence-electron chi connectivity index (χ4n) is 10.4. The van der Waals surface area contributed by atoms with Crippen LogP contribution in [-0.2, 0) is 20.5 Å². The first-order valence-corrected chi connectivity index (χ1v) is 31.9. The van der Waals surface area contributed by atoms with E-state index in [1.807, 2.05) is 4.90 Å². The molecule has 0 aromatic carbocycles. The molecule has 1 N–H and O–H groups in total. The lowest BCUT2D eigenvalue weighted by molar-refractivity contribution is -0.136. The van der Waals surface area contributed by atoms with Crippen molar-refractivity contribution in [1.82, 2.24) is 34.3 Å². The molecule has 1 amide bonds. The summed E-state index contributed by atoms with van der Waals surface area (Å²) in [5.74, 6) is 5.39. The Labute approximate surface area is 540 Å². The zero-order valence-electron chi connectivity index (χ0n) is 50.8. The Morgan fingerprint density at radius 3 is 1.65 bits per heavy atom. The van der Waals surface area contributed by atoms with Gasteiger partial charge >= 0.3 is 21.8 Å². The lowest BCUT2D eigenvalue weighted by Gasteiger charge is -2.32. The quantitative estimate of drug-likeness (QED) is 0.0896. The van der Waals surface area contributed by atoms with E-state index >= 15 is 0 Å².